The van der Waals surface area contributed by atoms with Crippen molar-refractivity contribution in [1.29, 1.82) is 0 Å². The minimum Gasteiger partial charge on any atom is -0.330 e. The number of nitrogens with one attached hydrogen (secondary N) is 2. The number of aromatic nitrogens is 2. The summed E-state index contributed by atoms with van der Waals surface area (Å²) < 4.78 is 52.5. The monoisotopic (exact) mass is 442 g/mol. The molecule has 30 heavy (non-hydrogen) atoms. The van der Waals surface area contributed by atoms with Crippen LogP contribution in [0.1, 0.15) is 29.3 Å². The van der Waals surface area contributed by atoms with Crippen LogP contribution in [0.15, 0.2) is 42.0 Å². The molecule has 1 atom stereocenters. The van der Waals surface area contributed by atoms with Crippen molar-refractivity contribution in [3.63, 3.8) is 0 Å². The molecule has 0 radical (unpaired) electrons. The molecule has 0 unspecified atom stereocenters. The summed E-state index contributed by atoms with van der Waals surface area (Å²) in [5.74, 6) is -0.975. The maximum absolute atomic E-state index is 13.1. The van der Waals surface area contributed by atoms with E-state index in [1.807, 2.05) is 0 Å². The number of benzene rings is 1. The Morgan fingerprint density at radius 2 is 1.97 bits per heavy atom. The van der Waals surface area contributed by atoms with Gasteiger partial charge in [-0.25, -0.2) is 19.4 Å². The zero-order valence-electron chi connectivity index (χ0n) is 15.5. The van der Waals surface area contributed by atoms with Crippen LogP contribution < -0.4 is 16.0 Å². The van der Waals surface area contributed by atoms with E-state index in [0.29, 0.717) is 12.1 Å². The topological polar surface area (TPSA) is 73.4 Å². The van der Waals surface area contributed by atoms with E-state index in [1.54, 1.807) is 6.92 Å². The number of alkyl halides is 3. The lowest BCUT2D eigenvalue weighted by Crippen LogP contribution is -2.44. The molecule has 2 aliphatic heterocycles. The number of carbonyl (C=O) groups excluding carboxylic acids is 1. The average molecular weight is 443 g/mol. The Labute approximate surface area is 173 Å². The molecule has 0 aliphatic carbocycles. The van der Waals surface area contributed by atoms with Crippen LogP contribution in [0.4, 0.5) is 23.5 Å². The van der Waals surface area contributed by atoms with Gasteiger partial charge in [-0.15, -0.1) is 5.53 Å². The normalized spacial score (nSPS) is 19.1. The van der Waals surface area contributed by atoms with Gasteiger partial charge in [0.15, 0.2) is 5.82 Å². The molecule has 3 heterocycles. The highest BCUT2D eigenvalue weighted by Gasteiger charge is 2.39. The highest BCUT2D eigenvalue weighted by Crippen LogP contribution is 2.37. The first-order chi connectivity index (χ1) is 14.2. The van der Waals surface area contributed by atoms with Crippen LogP contribution >= 0.6 is 11.6 Å². The van der Waals surface area contributed by atoms with Crippen LogP contribution in [0.2, 0.25) is 5.02 Å². The molecule has 0 bridgehead atoms. The summed E-state index contributed by atoms with van der Waals surface area (Å²) in [5, 5.41) is 0.908. The fourth-order valence-corrected chi connectivity index (χ4v) is 3.71. The molecule has 1 aromatic carbocycles. The molecule has 0 saturated heterocycles. The number of anilines is 1. The van der Waals surface area contributed by atoms with E-state index >= 15 is 0 Å². The maximum Gasteiger partial charge on any atom is 0.417 e. The molecule has 2 N–H and O–H groups in total. The lowest BCUT2D eigenvalue weighted by Gasteiger charge is -2.35. The quantitative estimate of drug-likeness (QED) is 0.696. The maximum atomic E-state index is 13.1. The Morgan fingerprint density at radius 3 is 2.63 bits per heavy atom. The van der Waals surface area contributed by atoms with Gasteiger partial charge in [0.25, 0.3) is 5.91 Å². The molecule has 2 aromatic rings. The van der Waals surface area contributed by atoms with Crippen molar-refractivity contribution < 1.29 is 22.4 Å². The van der Waals surface area contributed by atoms with Crippen molar-refractivity contribution in [3.8, 4) is 0 Å². The van der Waals surface area contributed by atoms with E-state index < -0.39 is 28.5 Å². The molecule has 0 fully saturated rings. The lowest BCUT2D eigenvalue weighted by molar-refractivity contribution is -0.137. The molecule has 12 heteroatoms. The molecule has 0 spiro atoms. The van der Waals surface area contributed by atoms with Crippen molar-refractivity contribution in [3.05, 3.63) is 64.0 Å². The van der Waals surface area contributed by atoms with Crippen molar-refractivity contribution in [2.75, 3.05) is 11.6 Å². The zero-order valence-corrected chi connectivity index (χ0v) is 16.2. The van der Waals surface area contributed by atoms with E-state index in [9.17, 15) is 22.4 Å². The van der Waals surface area contributed by atoms with Crippen LogP contribution in [0, 0.1) is 5.82 Å². The van der Waals surface area contributed by atoms with Gasteiger partial charge in [-0.05, 0) is 19.1 Å². The van der Waals surface area contributed by atoms with Crippen LogP contribution in [-0.2, 0) is 6.18 Å². The van der Waals surface area contributed by atoms with Gasteiger partial charge in [0.2, 0.25) is 5.95 Å². The van der Waals surface area contributed by atoms with Crippen molar-refractivity contribution in [1.82, 2.24) is 25.8 Å². The van der Waals surface area contributed by atoms with E-state index in [-0.39, 0.29) is 24.1 Å². The van der Waals surface area contributed by atoms with Gasteiger partial charge < -0.3 is 10.3 Å². The largest absolute Gasteiger partial charge is 0.417 e. The summed E-state index contributed by atoms with van der Waals surface area (Å²) in [4.78, 5) is 22.3. The second kappa shape index (κ2) is 7.40. The van der Waals surface area contributed by atoms with E-state index in [4.69, 9.17) is 11.6 Å². The van der Waals surface area contributed by atoms with Crippen molar-refractivity contribution in [2.45, 2.75) is 25.6 Å². The highest BCUT2D eigenvalue weighted by atomic mass is 35.5. The van der Waals surface area contributed by atoms with Gasteiger partial charge in [-0.1, -0.05) is 17.7 Å². The number of halogens is 5. The highest BCUT2D eigenvalue weighted by molar-refractivity contribution is 6.34. The fraction of sp³-hybridized carbons (Fsp3) is 0.278. The molecule has 1 aromatic heterocycles. The first kappa shape index (κ1) is 20.4. The standard InChI is InChI=1S/C18H15ClF4N6O/c1-9-5-14-13(26-27-29(14)17-24-6-10(20)7-25-17)8-28(9)16(30)11-3-2-4-12(15(11)19)18(21,22)23/h2-4,6-7,9,26-27H,5,8H2,1H3/t9-/m1/s1. The summed E-state index contributed by atoms with van der Waals surface area (Å²) >= 11 is 5.92. The molecule has 0 saturated carbocycles. The Bertz CT molecular complexity index is 1030. The van der Waals surface area contributed by atoms with Crippen LogP contribution in [-0.4, -0.2) is 33.4 Å². The van der Waals surface area contributed by atoms with Gasteiger partial charge in [0.1, 0.15) is 0 Å². The summed E-state index contributed by atoms with van der Waals surface area (Å²) in [6.07, 6.45) is -2.25. The predicted molar refractivity (Wildman–Crippen MR) is 99.3 cm³/mol. The van der Waals surface area contributed by atoms with Gasteiger partial charge in [-0.3, -0.25) is 4.79 Å². The smallest absolute Gasteiger partial charge is 0.330 e. The van der Waals surface area contributed by atoms with Crippen LogP contribution in [0.3, 0.4) is 0 Å². The second-order valence-corrected chi connectivity index (χ2v) is 7.23. The number of carbonyl (C=O) groups is 1. The molecular formula is C18H15ClF4N6O. The van der Waals surface area contributed by atoms with E-state index in [0.717, 1.165) is 30.2 Å². The molecule has 2 aliphatic rings. The Balaban J connectivity index is 1.61. The number of rotatable bonds is 2. The Morgan fingerprint density at radius 1 is 1.27 bits per heavy atom. The van der Waals surface area contributed by atoms with E-state index in [2.05, 4.69) is 20.9 Å². The number of amides is 1. The predicted octanol–water partition coefficient (Wildman–Crippen LogP) is 3.26. The summed E-state index contributed by atoms with van der Waals surface area (Å²) in [7, 11) is 0. The third kappa shape index (κ3) is 3.54. The van der Waals surface area contributed by atoms with E-state index in [1.165, 1.54) is 16.0 Å². The third-order valence-corrected chi connectivity index (χ3v) is 5.30. The average Bonchev–Trinajstić information content (AvgIpc) is 3.09. The first-order valence-corrected chi connectivity index (χ1v) is 9.22. The first-order valence-electron chi connectivity index (χ1n) is 8.85. The summed E-state index contributed by atoms with van der Waals surface area (Å²) in [6, 6.07) is 2.91. The Hall–Kier alpha value is -2.92. The van der Waals surface area contributed by atoms with Gasteiger partial charge in [0.05, 0.1) is 46.5 Å². The number of hydrogen-bond acceptors (Lipinski definition) is 6. The lowest BCUT2D eigenvalue weighted by atomic mass is 10.0. The fourth-order valence-electron chi connectivity index (χ4n) is 3.39. The van der Waals surface area contributed by atoms with Crippen LogP contribution in [0.5, 0.6) is 0 Å². The second-order valence-electron chi connectivity index (χ2n) is 6.85. The van der Waals surface area contributed by atoms with Crippen molar-refractivity contribution >= 4 is 23.5 Å². The van der Waals surface area contributed by atoms with Crippen LogP contribution in [0.25, 0.3) is 0 Å². The minimum atomic E-state index is -4.66. The summed E-state index contributed by atoms with van der Waals surface area (Å²) in [5.41, 5.74) is 5.84. The molecular weight excluding hydrogens is 428 g/mol. The molecule has 4 rings (SSSR count). The minimum absolute atomic E-state index is 0.104. The third-order valence-electron chi connectivity index (χ3n) is 4.89. The molecule has 158 valence electrons. The molecule has 1 amide bonds. The molecule has 7 nitrogen and oxygen atoms in total. The Kier molecular flexibility index (Phi) is 5.02. The summed E-state index contributed by atoms with van der Waals surface area (Å²) in [6.45, 7) is 1.87. The van der Waals surface area contributed by atoms with Gasteiger partial charge in [0, 0.05) is 12.5 Å². The number of hydrazine groups is 2. The SMILES string of the molecule is C[C@@H]1CC2=C(CN1C(=O)c1cccc(C(F)(F)F)c1Cl)NNN2c1ncc(F)cn1. The van der Waals surface area contributed by atoms with Gasteiger partial charge >= 0.3 is 6.18 Å². The number of hydrogen-bond donors (Lipinski definition) is 2. The zero-order chi connectivity index (χ0) is 21.6. The van der Waals surface area contributed by atoms with Crippen molar-refractivity contribution in [2.24, 2.45) is 0 Å². The van der Waals surface area contributed by atoms with Gasteiger partial charge in [-0.2, -0.15) is 13.2 Å². The number of nitrogens with zero attached hydrogens (tertiary/aromatic N) is 4.